The topological polar surface area (TPSA) is 113 Å². The fraction of sp³-hybridized carbons (Fsp3) is 0.250. The Morgan fingerprint density at radius 2 is 1.91 bits per heavy atom. The normalized spacial score (nSPS) is 13.1. The van der Waals surface area contributed by atoms with Crippen LogP contribution in [0.15, 0.2) is 65.8 Å². The average Bonchev–Trinajstić information content (AvgIpc) is 3.53. The maximum absolute atomic E-state index is 12.8. The highest BCUT2D eigenvalue weighted by molar-refractivity contribution is 7.99. The van der Waals surface area contributed by atoms with E-state index >= 15 is 0 Å². The molecule has 0 unspecified atom stereocenters. The Labute approximate surface area is 201 Å². The Morgan fingerprint density at radius 3 is 2.62 bits per heavy atom. The third kappa shape index (κ3) is 4.76. The van der Waals surface area contributed by atoms with Crippen molar-refractivity contribution >= 4 is 23.5 Å². The van der Waals surface area contributed by atoms with E-state index in [-0.39, 0.29) is 11.7 Å². The van der Waals surface area contributed by atoms with Crippen LogP contribution in [-0.2, 0) is 4.79 Å². The van der Waals surface area contributed by atoms with Crippen LogP contribution >= 0.6 is 11.8 Å². The first-order valence-electron chi connectivity index (χ1n) is 11.1. The maximum Gasteiger partial charge on any atom is 0.236 e. The first-order valence-corrected chi connectivity index (χ1v) is 12.1. The molecule has 5 rings (SSSR count). The van der Waals surface area contributed by atoms with Crippen molar-refractivity contribution in [3.8, 4) is 22.8 Å². The molecule has 2 aromatic carbocycles. The molecular formula is C24H25N7O2S. The van der Waals surface area contributed by atoms with E-state index in [2.05, 4.69) is 15.5 Å². The van der Waals surface area contributed by atoms with Crippen molar-refractivity contribution in [2.75, 3.05) is 23.5 Å². The molecule has 10 heteroatoms. The van der Waals surface area contributed by atoms with Gasteiger partial charge in [-0.15, -0.1) is 10.2 Å². The molecule has 1 aliphatic rings. The fourth-order valence-electron chi connectivity index (χ4n) is 3.58. The van der Waals surface area contributed by atoms with Gasteiger partial charge in [-0.1, -0.05) is 30.0 Å². The van der Waals surface area contributed by atoms with Crippen molar-refractivity contribution in [2.24, 2.45) is 0 Å². The lowest BCUT2D eigenvalue weighted by atomic mass is 10.2. The Hall–Kier alpha value is -3.79. The Bertz CT molecular complexity index is 1280. The highest BCUT2D eigenvalue weighted by atomic mass is 32.2. The highest BCUT2D eigenvalue weighted by Crippen LogP contribution is 2.40. The summed E-state index contributed by atoms with van der Waals surface area (Å²) in [5, 5.41) is 16.5. The number of nitrogens with two attached hydrogens (primary N) is 1. The smallest absolute Gasteiger partial charge is 0.236 e. The first kappa shape index (κ1) is 22.0. The van der Waals surface area contributed by atoms with Crippen LogP contribution in [0.5, 0.6) is 5.75 Å². The molecule has 2 aromatic heterocycles. The van der Waals surface area contributed by atoms with Crippen molar-refractivity contribution in [3.63, 3.8) is 0 Å². The number of aromatic nitrogens is 5. The van der Waals surface area contributed by atoms with Crippen LogP contribution in [-0.4, -0.2) is 42.9 Å². The number of anilines is 1. The molecule has 0 radical (unpaired) electrons. The zero-order valence-electron chi connectivity index (χ0n) is 18.7. The number of nitrogens with zero attached hydrogens (tertiary/aromatic N) is 5. The minimum Gasteiger partial charge on any atom is -0.494 e. The zero-order chi connectivity index (χ0) is 23.5. The number of thioether (sulfide) groups is 1. The third-order valence-corrected chi connectivity index (χ3v) is 6.36. The van der Waals surface area contributed by atoms with Gasteiger partial charge in [-0.05, 0) is 56.2 Å². The van der Waals surface area contributed by atoms with Gasteiger partial charge in [-0.25, -0.2) is 9.36 Å². The first-order chi connectivity index (χ1) is 16.6. The second kappa shape index (κ2) is 9.60. The van der Waals surface area contributed by atoms with Crippen molar-refractivity contribution in [1.82, 2.24) is 24.7 Å². The number of nitrogen functional groups attached to an aromatic ring is 1. The van der Waals surface area contributed by atoms with E-state index < -0.39 is 0 Å². The number of carbonyl (C=O) groups excluding carboxylic acids is 1. The lowest BCUT2D eigenvalue weighted by Gasteiger charge is -2.09. The summed E-state index contributed by atoms with van der Waals surface area (Å²) in [6.45, 7) is 2.54. The van der Waals surface area contributed by atoms with Crippen molar-refractivity contribution in [3.05, 3.63) is 66.4 Å². The lowest BCUT2D eigenvalue weighted by Crippen LogP contribution is -2.18. The van der Waals surface area contributed by atoms with Gasteiger partial charge < -0.3 is 15.9 Å². The van der Waals surface area contributed by atoms with Crippen LogP contribution in [0.3, 0.4) is 0 Å². The minimum absolute atomic E-state index is 0.136. The molecule has 0 aliphatic heterocycles. The quantitative estimate of drug-likeness (QED) is 0.279. The van der Waals surface area contributed by atoms with Crippen LogP contribution in [0.4, 0.5) is 5.82 Å². The molecule has 1 amide bonds. The van der Waals surface area contributed by atoms with Crippen molar-refractivity contribution in [2.45, 2.75) is 30.8 Å². The van der Waals surface area contributed by atoms with Gasteiger partial charge in [0.25, 0.3) is 0 Å². The van der Waals surface area contributed by atoms with Crippen LogP contribution in [0.25, 0.3) is 17.1 Å². The zero-order valence-corrected chi connectivity index (χ0v) is 19.5. The molecule has 0 spiro atoms. The van der Waals surface area contributed by atoms with Gasteiger partial charge in [0.05, 0.1) is 23.7 Å². The van der Waals surface area contributed by atoms with Gasteiger partial charge in [-0.2, -0.15) is 5.10 Å². The number of amides is 1. The van der Waals surface area contributed by atoms with E-state index in [0.717, 1.165) is 35.5 Å². The van der Waals surface area contributed by atoms with E-state index in [4.69, 9.17) is 15.7 Å². The number of ether oxygens (including phenoxy) is 1. The van der Waals surface area contributed by atoms with Crippen LogP contribution < -0.4 is 15.9 Å². The Morgan fingerprint density at radius 1 is 1.15 bits per heavy atom. The molecule has 174 valence electrons. The fourth-order valence-corrected chi connectivity index (χ4v) is 4.24. The minimum atomic E-state index is -0.171. The maximum atomic E-state index is 12.8. The standard InChI is InChI=1S/C24H25N7O2S/c1-2-33-19-12-10-17(11-13-19)23-27-28-24(30(23)25)34-15-22(32)26-21-14-20(16-8-9-16)29-31(21)18-6-4-3-5-7-18/h3-7,10-14,16H,2,8-9,15,25H2,1H3,(H,26,32). The van der Waals surface area contributed by atoms with E-state index in [1.165, 1.54) is 16.4 Å². The number of rotatable bonds is 9. The summed E-state index contributed by atoms with van der Waals surface area (Å²) < 4.78 is 8.65. The van der Waals surface area contributed by atoms with Gasteiger partial charge in [0.1, 0.15) is 11.6 Å². The molecule has 3 N–H and O–H groups in total. The Kier molecular flexibility index (Phi) is 6.22. The van der Waals surface area contributed by atoms with Gasteiger partial charge in [-0.3, -0.25) is 4.79 Å². The van der Waals surface area contributed by atoms with Gasteiger partial charge in [0, 0.05) is 17.5 Å². The predicted octanol–water partition coefficient (Wildman–Crippen LogP) is 3.85. The molecule has 34 heavy (non-hydrogen) atoms. The molecular weight excluding hydrogens is 450 g/mol. The lowest BCUT2D eigenvalue weighted by molar-refractivity contribution is -0.113. The summed E-state index contributed by atoms with van der Waals surface area (Å²) in [5.41, 5.74) is 2.72. The average molecular weight is 476 g/mol. The summed E-state index contributed by atoms with van der Waals surface area (Å²) in [6, 6.07) is 19.2. The summed E-state index contributed by atoms with van der Waals surface area (Å²) in [7, 11) is 0. The summed E-state index contributed by atoms with van der Waals surface area (Å²) in [4.78, 5) is 12.8. The summed E-state index contributed by atoms with van der Waals surface area (Å²) >= 11 is 1.23. The number of hydrogen-bond donors (Lipinski definition) is 2. The molecule has 2 heterocycles. The second-order valence-electron chi connectivity index (χ2n) is 7.95. The summed E-state index contributed by atoms with van der Waals surface area (Å²) in [6.07, 6.45) is 2.27. The van der Waals surface area contributed by atoms with Crippen LogP contribution in [0.2, 0.25) is 0 Å². The largest absolute Gasteiger partial charge is 0.494 e. The molecule has 0 bridgehead atoms. The molecule has 1 fully saturated rings. The van der Waals surface area contributed by atoms with Crippen molar-refractivity contribution in [1.29, 1.82) is 0 Å². The number of hydrogen-bond acceptors (Lipinski definition) is 7. The number of carbonyl (C=O) groups is 1. The Balaban J connectivity index is 1.26. The van der Waals surface area contributed by atoms with Crippen LogP contribution in [0, 0.1) is 0 Å². The SMILES string of the molecule is CCOc1ccc(-c2nnc(SCC(=O)Nc3cc(C4CC4)nn3-c3ccccc3)n2N)cc1. The van der Waals surface area contributed by atoms with Gasteiger partial charge in [0.15, 0.2) is 5.82 Å². The van der Waals surface area contributed by atoms with Gasteiger partial charge in [0.2, 0.25) is 11.1 Å². The predicted molar refractivity (Wildman–Crippen MR) is 132 cm³/mol. The molecule has 1 aliphatic carbocycles. The summed E-state index contributed by atoms with van der Waals surface area (Å²) in [5.74, 6) is 8.60. The molecule has 9 nitrogen and oxygen atoms in total. The third-order valence-electron chi connectivity index (χ3n) is 5.41. The second-order valence-corrected chi connectivity index (χ2v) is 8.89. The van der Waals surface area contributed by atoms with E-state index in [1.54, 1.807) is 4.68 Å². The molecule has 0 atom stereocenters. The highest BCUT2D eigenvalue weighted by Gasteiger charge is 2.28. The number of benzene rings is 2. The molecule has 1 saturated carbocycles. The van der Waals surface area contributed by atoms with E-state index in [1.807, 2.05) is 67.6 Å². The number of nitrogens with one attached hydrogen (secondary N) is 1. The van der Waals surface area contributed by atoms with E-state index in [9.17, 15) is 4.79 Å². The number of para-hydroxylation sites is 1. The van der Waals surface area contributed by atoms with Gasteiger partial charge >= 0.3 is 0 Å². The van der Waals surface area contributed by atoms with Crippen LogP contribution in [0.1, 0.15) is 31.4 Å². The monoisotopic (exact) mass is 475 g/mol. The van der Waals surface area contributed by atoms with E-state index in [0.29, 0.717) is 29.3 Å². The molecule has 0 saturated heterocycles. The van der Waals surface area contributed by atoms with Crippen molar-refractivity contribution < 1.29 is 9.53 Å². The molecule has 4 aromatic rings.